The second-order valence-electron chi connectivity index (χ2n) is 6.71. The van der Waals surface area contributed by atoms with Crippen molar-refractivity contribution in [2.75, 3.05) is 11.9 Å². The Morgan fingerprint density at radius 2 is 2.24 bits per heavy atom. The molecule has 0 fully saturated rings. The molecule has 1 aromatic carbocycles. The second-order valence-corrected chi connectivity index (χ2v) is 7.79. The number of aliphatic hydroxyl groups excluding tert-OH is 1. The molecular formula is C19H18N4OS. The number of benzene rings is 1. The van der Waals surface area contributed by atoms with Crippen LogP contribution in [0.25, 0.3) is 10.2 Å². The van der Waals surface area contributed by atoms with Crippen molar-refractivity contribution in [1.82, 2.24) is 9.97 Å². The largest absolute Gasteiger partial charge is 0.396 e. The molecule has 0 radical (unpaired) electrons. The minimum atomic E-state index is 0.265. The minimum Gasteiger partial charge on any atom is -0.396 e. The average molecular weight is 350 g/mol. The lowest BCUT2D eigenvalue weighted by Crippen LogP contribution is -2.15. The molecule has 0 saturated carbocycles. The summed E-state index contributed by atoms with van der Waals surface area (Å²) in [6, 6.07) is 6.33. The molecule has 1 atom stereocenters. The third-order valence-corrected chi connectivity index (χ3v) is 6.27. The fourth-order valence-electron chi connectivity index (χ4n) is 3.75. The van der Waals surface area contributed by atoms with Crippen LogP contribution in [0.4, 0.5) is 11.5 Å². The fourth-order valence-corrected chi connectivity index (χ4v) is 5.05. The van der Waals surface area contributed by atoms with Gasteiger partial charge in [0.1, 0.15) is 17.0 Å². The van der Waals surface area contributed by atoms with E-state index in [1.807, 2.05) is 6.21 Å². The highest BCUT2D eigenvalue weighted by Gasteiger charge is 2.24. The van der Waals surface area contributed by atoms with Crippen LogP contribution in [0, 0.1) is 5.92 Å². The summed E-state index contributed by atoms with van der Waals surface area (Å²) in [5.74, 6) is 1.25. The lowest BCUT2D eigenvalue weighted by Gasteiger charge is -2.20. The highest BCUT2D eigenvalue weighted by molar-refractivity contribution is 7.19. The van der Waals surface area contributed by atoms with Gasteiger partial charge in [0.2, 0.25) is 0 Å². The second kappa shape index (κ2) is 5.89. The van der Waals surface area contributed by atoms with Gasteiger partial charge in [-0.3, -0.25) is 4.99 Å². The van der Waals surface area contributed by atoms with Crippen LogP contribution in [0.5, 0.6) is 0 Å². The van der Waals surface area contributed by atoms with Gasteiger partial charge in [0, 0.05) is 23.4 Å². The van der Waals surface area contributed by atoms with E-state index in [9.17, 15) is 5.11 Å². The zero-order chi connectivity index (χ0) is 16.8. The summed E-state index contributed by atoms with van der Waals surface area (Å²) in [5, 5.41) is 14.1. The molecule has 1 aliphatic carbocycles. The number of aliphatic imine (C=N–C) groups is 1. The van der Waals surface area contributed by atoms with Crippen molar-refractivity contribution < 1.29 is 5.11 Å². The molecule has 126 valence electrons. The predicted molar refractivity (Wildman–Crippen MR) is 101 cm³/mol. The molecule has 1 aliphatic heterocycles. The number of hydrogen-bond donors (Lipinski definition) is 2. The van der Waals surface area contributed by atoms with E-state index in [-0.39, 0.29) is 6.61 Å². The van der Waals surface area contributed by atoms with Crippen LogP contribution in [0.3, 0.4) is 0 Å². The topological polar surface area (TPSA) is 70.4 Å². The van der Waals surface area contributed by atoms with E-state index in [4.69, 9.17) is 0 Å². The Bertz CT molecular complexity index is 994. The molecule has 0 bridgehead atoms. The van der Waals surface area contributed by atoms with E-state index in [1.54, 1.807) is 17.7 Å². The van der Waals surface area contributed by atoms with Crippen molar-refractivity contribution in [3.63, 3.8) is 0 Å². The summed E-state index contributed by atoms with van der Waals surface area (Å²) >= 11 is 1.74. The fraction of sp³-hybridized carbons (Fsp3) is 0.316. The van der Waals surface area contributed by atoms with Crippen LogP contribution in [-0.2, 0) is 19.4 Å². The smallest absolute Gasteiger partial charge is 0.142 e. The van der Waals surface area contributed by atoms with Crippen LogP contribution >= 0.6 is 11.3 Å². The molecule has 0 saturated heterocycles. The highest BCUT2D eigenvalue weighted by Crippen LogP contribution is 2.40. The van der Waals surface area contributed by atoms with Crippen LogP contribution in [0.2, 0.25) is 0 Å². The summed E-state index contributed by atoms with van der Waals surface area (Å²) < 4.78 is 0. The maximum Gasteiger partial charge on any atom is 0.142 e. The Kier molecular flexibility index (Phi) is 3.53. The number of aromatic nitrogens is 2. The lowest BCUT2D eigenvalue weighted by atomic mass is 9.88. The molecule has 25 heavy (non-hydrogen) atoms. The number of anilines is 2. The van der Waals surface area contributed by atoms with Gasteiger partial charge in [-0.05, 0) is 54.0 Å². The maximum absolute atomic E-state index is 9.47. The first-order chi connectivity index (χ1) is 12.3. The third kappa shape index (κ3) is 2.53. The molecule has 0 spiro atoms. The minimum absolute atomic E-state index is 0.265. The van der Waals surface area contributed by atoms with E-state index in [0.717, 1.165) is 47.5 Å². The van der Waals surface area contributed by atoms with Crippen LogP contribution in [0.15, 0.2) is 29.5 Å². The molecule has 3 aromatic rings. The molecule has 5 rings (SSSR count). The molecule has 2 N–H and O–H groups in total. The molecule has 6 heteroatoms. The summed E-state index contributed by atoms with van der Waals surface area (Å²) in [6.45, 7) is 1.04. The highest BCUT2D eigenvalue weighted by atomic mass is 32.1. The Morgan fingerprint density at radius 1 is 1.28 bits per heavy atom. The van der Waals surface area contributed by atoms with Crippen molar-refractivity contribution in [2.45, 2.75) is 25.8 Å². The molecule has 1 unspecified atom stereocenters. The number of aliphatic hydroxyl groups is 1. The van der Waals surface area contributed by atoms with Crippen molar-refractivity contribution in [3.05, 3.63) is 46.1 Å². The van der Waals surface area contributed by atoms with Crippen molar-refractivity contribution in [1.29, 1.82) is 0 Å². The summed E-state index contributed by atoms with van der Waals surface area (Å²) in [5.41, 5.74) is 4.82. The average Bonchev–Trinajstić information content (AvgIpc) is 3.25. The number of aryl methyl sites for hydroxylation is 1. The molecular weight excluding hydrogens is 332 g/mol. The van der Waals surface area contributed by atoms with Gasteiger partial charge in [0.05, 0.1) is 11.9 Å². The van der Waals surface area contributed by atoms with E-state index in [2.05, 4.69) is 38.5 Å². The summed E-state index contributed by atoms with van der Waals surface area (Å²) in [4.78, 5) is 15.7. The van der Waals surface area contributed by atoms with Crippen molar-refractivity contribution in [2.24, 2.45) is 10.9 Å². The molecule has 5 nitrogen and oxygen atoms in total. The zero-order valence-corrected chi connectivity index (χ0v) is 14.5. The Labute approximate surface area is 149 Å². The SMILES string of the molecule is OCC1CCc2c(sc3ncnc(Nc4ccc5c(c4)C=NC5)c23)C1. The van der Waals surface area contributed by atoms with Crippen LogP contribution in [-0.4, -0.2) is 27.9 Å². The van der Waals surface area contributed by atoms with Crippen LogP contribution in [0.1, 0.15) is 28.0 Å². The predicted octanol–water partition coefficient (Wildman–Crippen LogP) is 3.46. The first-order valence-corrected chi connectivity index (χ1v) is 9.39. The first-order valence-electron chi connectivity index (χ1n) is 8.57. The normalized spacial score (nSPS) is 18.4. The van der Waals surface area contributed by atoms with Crippen molar-refractivity contribution >= 4 is 39.3 Å². The molecule has 2 aliphatic rings. The Hall–Kier alpha value is -2.31. The monoisotopic (exact) mass is 350 g/mol. The van der Waals surface area contributed by atoms with E-state index in [1.165, 1.54) is 21.6 Å². The van der Waals surface area contributed by atoms with Gasteiger partial charge >= 0.3 is 0 Å². The van der Waals surface area contributed by atoms with Gasteiger partial charge < -0.3 is 10.4 Å². The lowest BCUT2D eigenvalue weighted by molar-refractivity contribution is 0.214. The molecule has 0 amide bonds. The van der Waals surface area contributed by atoms with E-state index >= 15 is 0 Å². The number of nitrogens with one attached hydrogen (secondary N) is 1. The van der Waals surface area contributed by atoms with Gasteiger partial charge in [-0.25, -0.2) is 9.97 Å². The van der Waals surface area contributed by atoms with Crippen molar-refractivity contribution in [3.8, 4) is 0 Å². The maximum atomic E-state index is 9.47. The number of thiophene rings is 1. The van der Waals surface area contributed by atoms with Crippen LogP contribution < -0.4 is 5.32 Å². The summed E-state index contributed by atoms with van der Waals surface area (Å²) in [6.07, 6.45) is 6.52. The number of fused-ring (bicyclic) bond motifs is 4. The van der Waals surface area contributed by atoms with E-state index < -0.39 is 0 Å². The van der Waals surface area contributed by atoms with Gasteiger partial charge in [-0.1, -0.05) is 6.07 Å². The van der Waals surface area contributed by atoms with Gasteiger partial charge in [0.15, 0.2) is 0 Å². The zero-order valence-electron chi connectivity index (χ0n) is 13.7. The summed E-state index contributed by atoms with van der Waals surface area (Å²) in [7, 11) is 0. The standard InChI is InChI=1S/C19H18N4OS/c24-9-11-1-4-15-16(5-11)25-19-17(15)18(21-10-22-19)23-14-3-2-12-7-20-8-13(12)6-14/h2-3,6,8,10-11,24H,1,4-5,7,9H2,(H,21,22,23). The third-order valence-electron chi connectivity index (χ3n) is 5.11. The Balaban J connectivity index is 1.55. The molecule has 3 heterocycles. The number of nitrogens with zero attached hydrogens (tertiary/aromatic N) is 3. The quantitative estimate of drug-likeness (QED) is 0.759. The van der Waals surface area contributed by atoms with Gasteiger partial charge in [-0.15, -0.1) is 11.3 Å². The van der Waals surface area contributed by atoms with Gasteiger partial charge in [-0.2, -0.15) is 0 Å². The van der Waals surface area contributed by atoms with Gasteiger partial charge in [0.25, 0.3) is 0 Å². The first kappa shape index (κ1) is 15.0. The van der Waals surface area contributed by atoms with E-state index in [0.29, 0.717) is 5.92 Å². The number of rotatable bonds is 3. The Morgan fingerprint density at radius 3 is 3.16 bits per heavy atom. The number of hydrogen-bond acceptors (Lipinski definition) is 6. The molecule has 2 aromatic heterocycles.